The molecule has 0 N–H and O–H groups in total. The fourth-order valence-electron chi connectivity index (χ4n) is 1.52. The maximum Gasteiger partial charge on any atom is 0.142 e. The lowest BCUT2D eigenvalue weighted by molar-refractivity contribution is 0.933. The Hall–Kier alpha value is -0.0900. The van der Waals surface area contributed by atoms with E-state index < -0.39 is 0 Å². The number of pyridine rings is 1. The number of anilines is 1. The Morgan fingerprint density at radius 1 is 1.54 bits per heavy atom. The van der Waals surface area contributed by atoms with Gasteiger partial charge in [0.25, 0.3) is 0 Å². The normalized spacial score (nSPS) is 22.3. The van der Waals surface area contributed by atoms with Crippen molar-refractivity contribution in [1.82, 2.24) is 4.98 Å². The van der Waals surface area contributed by atoms with Crippen LogP contribution >= 0.6 is 31.9 Å². The molecule has 0 radical (unpaired) electrons. The van der Waals surface area contributed by atoms with E-state index in [4.69, 9.17) is 0 Å². The van der Waals surface area contributed by atoms with E-state index in [0.717, 1.165) is 23.4 Å². The van der Waals surface area contributed by atoms with E-state index in [1.54, 1.807) is 0 Å². The molecule has 0 aromatic carbocycles. The zero-order chi connectivity index (χ0) is 9.26. The molecular weight excluding hydrogens is 296 g/mol. The summed E-state index contributed by atoms with van der Waals surface area (Å²) in [5.74, 6) is 1.06. The third-order valence-electron chi connectivity index (χ3n) is 2.17. The minimum Gasteiger partial charge on any atom is -0.355 e. The van der Waals surface area contributed by atoms with E-state index in [9.17, 15) is 0 Å². The number of halogens is 2. The summed E-state index contributed by atoms with van der Waals surface area (Å²) < 4.78 is 1.08. The van der Waals surface area contributed by atoms with Crippen molar-refractivity contribution in [2.24, 2.45) is 0 Å². The molecule has 0 amide bonds. The number of rotatable bonds is 1. The fourth-order valence-corrected chi connectivity index (χ4v) is 2.58. The van der Waals surface area contributed by atoms with Crippen LogP contribution < -0.4 is 4.90 Å². The van der Waals surface area contributed by atoms with Gasteiger partial charge in [0.15, 0.2) is 0 Å². The zero-order valence-corrected chi connectivity index (χ0v) is 10.3. The molecule has 0 bridgehead atoms. The second kappa shape index (κ2) is 3.96. The van der Waals surface area contributed by atoms with Crippen molar-refractivity contribution in [2.75, 3.05) is 18.0 Å². The lowest BCUT2D eigenvalue weighted by Gasteiger charge is -2.17. The zero-order valence-electron chi connectivity index (χ0n) is 7.08. The summed E-state index contributed by atoms with van der Waals surface area (Å²) in [6.45, 7) is 2.14. The van der Waals surface area contributed by atoms with Gasteiger partial charge in [-0.15, -0.1) is 0 Å². The van der Waals surface area contributed by atoms with Gasteiger partial charge in [-0.3, -0.25) is 0 Å². The van der Waals surface area contributed by atoms with Gasteiger partial charge in [0, 0.05) is 24.1 Å². The van der Waals surface area contributed by atoms with Crippen LogP contribution in [0, 0.1) is 0 Å². The Labute approximate surface area is 94.6 Å². The Morgan fingerprint density at radius 3 is 3.00 bits per heavy atom. The van der Waals surface area contributed by atoms with Crippen molar-refractivity contribution in [1.29, 1.82) is 0 Å². The van der Waals surface area contributed by atoms with Gasteiger partial charge in [-0.25, -0.2) is 4.98 Å². The molecule has 1 fully saturated rings. The Balaban J connectivity index is 2.21. The van der Waals surface area contributed by atoms with E-state index in [1.807, 2.05) is 18.3 Å². The lowest BCUT2D eigenvalue weighted by atomic mass is 10.4. The number of aromatic nitrogens is 1. The van der Waals surface area contributed by atoms with Crippen molar-refractivity contribution < 1.29 is 0 Å². The first-order chi connectivity index (χ1) is 6.27. The van der Waals surface area contributed by atoms with Crippen LogP contribution in [0.25, 0.3) is 0 Å². The van der Waals surface area contributed by atoms with Crippen LogP contribution in [0.15, 0.2) is 22.8 Å². The highest BCUT2D eigenvalue weighted by atomic mass is 79.9. The molecule has 0 aliphatic carbocycles. The predicted molar refractivity (Wildman–Crippen MR) is 61.5 cm³/mol. The molecule has 70 valence electrons. The Bertz CT molecular complexity index is 303. The third kappa shape index (κ3) is 2.05. The van der Waals surface area contributed by atoms with Gasteiger partial charge in [0.05, 0.1) is 4.47 Å². The molecule has 1 aromatic rings. The minimum absolute atomic E-state index is 0.612. The molecule has 1 atom stereocenters. The summed E-state index contributed by atoms with van der Waals surface area (Å²) >= 11 is 7.12. The highest BCUT2D eigenvalue weighted by Crippen LogP contribution is 2.27. The van der Waals surface area contributed by atoms with E-state index in [2.05, 4.69) is 41.7 Å². The second-order valence-electron chi connectivity index (χ2n) is 3.14. The van der Waals surface area contributed by atoms with Gasteiger partial charge >= 0.3 is 0 Å². The SMILES string of the molecule is Brc1cccnc1N1CCC(Br)C1. The molecule has 1 aliphatic heterocycles. The molecule has 1 saturated heterocycles. The first-order valence-corrected chi connectivity index (χ1v) is 5.98. The highest BCUT2D eigenvalue weighted by Gasteiger charge is 2.22. The van der Waals surface area contributed by atoms with Gasteiger partial charge < -0.3 is 4.90 Å². The van der Waals surface area contributed by atoms with E-state index >= 15 is 0 Å². The molecule has 4 heteroatoms. The van der Waals surface area contributed by atoms with E-state index in [-0.39, 0.29) is 0 Å². The van der Waals surface area contributed by atoms with Crippen molar-refractivity contribution >= 4 is 37.7 Å². The van der Waals surface area contributed by atoms with Gasteiger partial charge in [-0.05, 0) is 34.5 Å². The largest absolute Gasteiger partial charge is 0.355 e. The van der Waals surface area contributed by atoms with E-state index in [1.165, 1.54) is 6.42 Å². The summed E-state index contributed by atoms with van der Waals surface area (Å²) in [5, 5.41) is 0. The third-order valence-corrected chi connectivity index (χ3v) is 3.54. The standard InChI is InChI=1S/C9H10Br2N2/c10-7-3-5-13(6-7)9-8(11)2-1-4-12-9/h1-2,4,7H,3,5-6H2. The number of nitrogens with zero attached hydrogens (tertiary/aromatic N) is 2. The molecule has 2 nitrogen and oxygen atoms in total. The monoisotopic (exact) mass is 304 g/mol. The summed E-state index contributed by atoms with van der Waals surface area (Å²) in [5.41, 5.74) is 0. The predicted octanol–water partition coefficient (Wildman–Crippen LogP) is 2.82. The Morgan fingerprint density at radius 2 is 2.38 bits per heavy atom. The van der Waals surface area contributed by atoms with Crippen LogP contribution in [0.5, 0.6) is 0 Å². The molecule has 13 heavy (non-hydrogen) atoms. The smallest absolute Gasteiger partial charge is 0.142 e. The summed E-state index contributed by atoms with van der Waals surface area (Å²) in [6, 6.07) is 3.97. The molecular formula is C9H10Br2N2. The van der Waals surface area contributed by atoms with Crippen molar-refractivity contribution in [3.05, 3.63) is 22.8 Å². The number of hydrogen-bond donors (Lipinski definition) is 0. The first kappa shape index (κ1) is 9.46. The van der Waals surface area contributed by atoms with Crippen LogP contribution in [-0.2, 0) is 0 Å². The molecule has 1 aromatic heterocycles. The van der Waals surface area contributed by atoms with Crippen LogP contribution in [0.2, 0.25) is 0 Å². The highest BCUT2D eigenvalue weighted by molar-refractivity contribution is 9.10. The molecule has 2 rings (SSSR count). The van der Waals surface area contributed by atoms with Crippen LogP contribution in [0.1, 0.15) is 6.42 Å². The number of hydrogen-bond acceptors (Lipinski definition) is 2. The molecule has 0 spiro atoms. The summed E-state index contributed by atoms with van der Waals surface area (Å²) in [7, 11) is 0. The van der Waals surface area contributed by atoms with Crippen LogP contribution in [-0.4, -0.2) is 22.9 Å². The molecule has 1 aliphatic rings. The maximum absolute atomic E-state index is 4.35. The van der Waals surface area contributed by atoms with Crippen molar-refractivity contribution in [3.63, 3.8) is 0 Å². The first-order valence-electron chi connectivity index (χ1n) is 4.27. The topological polar surface area (TPSA) is 16.1 Å². The second-order valence-corrected chi connectivity index (χ2v) is 5.29. The van der Waals surface area contributed by atoms with E-state index in [0.29, 0.717) is 4.83 Å². The summed E-state index contributed by atoms with van der Waals surface area (Å²) in [6.07, 6.45) is 3.03. The van der Waals surface area contributed by atoms with Gasteiger partial charge in [-0.1, -0.05) is 15.9 Å². The quantitative estimate of drug-likeness (QED) is 0.742. The van der Waals surface area contributed by atoms with Gasteiger partial charge in [0.1, 0.15) is 5.82 Å². The summed E-state index contributed by atoms with van der Waals surface area (Å²) in [4.78, 5) is 7.26. The number of alkyl halides is 1. The van der Waals surface area contributed by atoms with Crippen LogP contribution in [0.3, 0.4) is 0 Å². The van der Waals surface area contributed by atoms with Crippen LogP contribution in [0.4, 0.5) is 5.82 Å². The average Bonchev–Trinajstić information content (AvgIpc) is 2.53. The van der Waals surface area contributed by atoms with Gasteiger partial charge in [0.2, 0.25) is 0 Å². The molecule has 2 heterocycles. The Kier molecular flexibility index (Phi) is 2.89. The molecule has 0 saturated carbocycles. The fraction of sp³-hybridized carbons (Fsp3) is 0.444. The maximum atomic E-state index is 4.35. The van der Waals surface area contributed by atoms with Crippen molar-refractivity contribution in [3.8, 4) is 0 Å². The minimum atomic E-state index is 0.612. The van der Waals surface area contributed by atoms with Crippen molar-refractivity contribution in [2.45, 2.75) is 11.2 Å². The lowest BCUT2D eigenvalue weighted by Crippen LogP contribution is -2.21. The molecule has 1 unspecified atom stereocenters. The van der Waals surface area contributed by atoms with Gasteiger partial charge in [-0.2, -0.15) is 0 Å². The average molecular weight is 306 g/mol.